The summed E-state index contributed by atoms with van der Waals surface area (Å²) in [6, 6.07) is 8.51. The Bertz CT molecular complexity index is 555. The molecule has 0 aliphatic carbocycles. The number of hydrogen-bond donors (Lipinski definition) is 1. The van der Waals surface area contributed by atoms with Crippen molar-refractivity contribution in [2.45, 2.75) is 32.7 Å². The molecule has 0 aliphatic heterocycles. The number of fused-ring (bicyclic) bond motifs is 1. The highest BCUT2D eigenvalue weighted by Gasteiger charge is 2.08. The van der Waals surface area contributed by atoms with Crippen molar-refractivity contribution in [1.29, 1.82) is 0 Å². The number of aromatic nitrogens is 1. The van der Waals surface area contributed by atoms with Gasteiger partial charge in [-0.15, -0.1) is 0 Å². The van der Waals surface area contributed by atoms with E-state index in [0.29, 0.717) is 6.42 Å². The Kier molecular flexibility index (Phi) is 3.70. The lowest BCUT2D eigenvalue weighted by atomic mass is 10.1. The lowest BCUT2D eigenvalue weighted by molar-refractivity contribution is -0.121. The molecule has 2 rings (SSSR count). The van der Waals surface area contributed by atoms with Crippen LogP contribution in [0.5, 0.6) is 0 Å². The summed E-state index contributed by atoms with van der Waals surface area (Å²) in [5, 5.41) is 4.17. The van der Waals surface area contributed by atoms with E-state index in [9.17, 15) is 4.79 Å². The van der Waals surface area contributed by atoms with E-state index in [1.807, 2.05) is 33.0 Å². The quantitative estimate of drug-likeness (QED) is 0.881. The highest BCUT2D eigenvalue weighted by Crippen LogP contribution is 2.21. The normalized spacial score (nSPS) is 11.1. The van der Waals surface area contributed by atoms with Crippen molar-refractivity contribution in [2.75, 3.05) is 0 Å². The van der Waals surface area contributed by atoms with Crippen molar-refractivity contribution in [3.8, 4) is 0 Å². The van der Waals surface area contributed by atoms with Crippen molar-refractivity contribution in [1.82, 2.24) is 9.88 Å². The standard InChI is InChI=1S/C15H20N2O/c1-11(2)16-15(18)9-8-12-10-17(3)14-7-5-4-6-13(12)14/h4-7,10-11H,8-9H2,1-3H3,(H,16,18). The Hall–Kier alpha value is -1.77. The zero-order chi connectivity index (χ0) is 13.1. The lowest BCUT2D eigenvalue weighted by Crippen LogP contribution is -2.30. The minimum Gasteiger partial charge on any atom is -0.354 e. The number of para-hydroxylation sites is 1. The van der Waals surface area contributed by atoms with Crippen LogP contribution in [-0.4, -0.2) is 16.5 Å². The molecule has 1 amide bonds. The van der Waals surface area contributed by atoms with Gasteiger partial charge in [0, 0.05) is 36.6 Å². The molecule has 1 N–H and O–H groups in total. The Labute approximate surface area is 108 Å². The molecule has 0 bridgehead atoms. The SMILES string of the molecule is CC(C)NC(=O)CCc1cn(C)c2ccccc12. The van der Waals surface area contributed by atoms with E-state index >= 15 is 0 Å². The van der Waals surface area contributed by atoms with Gasteiger partial charge in [-0.1, -0.05) is 18.2 Å². The van der Waals surface area contributed by atoms with Crippen LogP contribution in [0.3, 0.4) is 0 Å². The summed E-state index contributed by atoms with van der Waals surface area (Å²) in [4.78, 5) is 11.7. The molecule has 3 heteroatoms. The van der Waals surface area contributed by atoms with Crippen LogP contribution >= 0.6 is 0 Å². The van der Waals surface area contributed by atoms with E-state index in [-0.39, 0.29) is 11.9 Å². The first-order chi connectivity index (χ1) is 8.58. The number of benzene rings is 1. The zero-order valence-corrected chi connectivity index (χ0v) is 11.2. The van der Waals surface area contributed by atoms with Gasteiger partial charge in [-0.05, 0) is 31.9 Å². The first-order valence-electron chi connectivity index (χ1n) is 6.40. The minimum absolute atomic E-state index is 0.123. The monoisotopic (exact) mass is 244 g/mol. The summed E-state index contributed by atoms with van der Waals surface area (Å²) in [5.41, 5.74) is 2.46. The molecule has 3 nitrogen and oxygen atoms in total. The third-order valence-corrected chi connectivity index (χ3v) is 3.05. The van der Waals surface area contributed by atoms with E-state index < -0.39 is 0 Å². The smallest absolute Gasteiger partial charge is 0.220 e. The first-order valence-corrected chi connectivity index (χ1v) is 6.40. The third-order valence-electron chi connectivity index (χ3n) is 3.05. The number of nitrogens with one attached hydrogen (secondary N) is 1. The first kappa shape index (κ1) is 12.7. The Morgan fingerprint density at radius 2 is 2.06 bits per heavy atom. The molecule has 1 aromatic heterocycles. The van der Waals surface area contributed by atoms with Gasteiger partial charge in [0.15, 0.2) is 0 Å². The van der Waals surface area contributed by atoms with Crippen molar-refractivity contribution in [3.63, 3.8) is 0 Å². The van der Waals surface area contributed by atoms with Gasteiger partial charge in [0.25, 0.3) is 0 Å². The average molecular weight is 244 g/mol. The maximum Gasteiger partial charge on any atom is 0.220 e. The van der Waals surface area contributed by atoms with Crippen LogP contribution in [0.15, 0.2) is 30.5 Å². The predicted octanol–water partition coefficient (Wildman–Crippen LogP) is 2.64. The molecular formula is C15H20N2O. The third kappa shape index (κ3) is 2.73. The van der Waals surface area contributed by atoms with Crippen LogP contribution in [0.4, 0.5) is 0 Å². The fraction of sp³-hybridized carbons (Fsp3) is 0.400. The summed E-state index contributed by atoms with van der Waals surface area (Å²) in [6.07, 6.45) is 3.46. The summed E-state index contributed by atoms with van der Waals surface area (Å²) in [7, 11) is 2.04. The van der Waals surface area contributed by atoms with Gasteiger partial charge in [-0.2, -0.15) is 0 Å². The van der Waals surface area contributed by atoms with Gasteiger partial charge in [0.2, 0.25) is 5.91 Å². The number of nitrogens with zero attached hydrogens (tertiary/aromatic N) is 1. The molecule has 0 fully saturated rings. The molecule has 0 radical (unpaired) electrons. The summed E-state index contributed by atoms with van der Waals surface area (Å²) >= 11 is 0. The van der Waals surface area contributed by atoms with Crippen LogP contribution in [0.1, 0.15) is 25.8 Å². The molecule has 0 atom stereocenters. The molecule has 0 saturated heterocycles. The van der Waals surface area contributed by atoms with Crippen LogP contribution in [0.25, 0.3) is 10.9 Å². The molecule has 0 unspecified atom stereocenters. The summed E-state index contributed by atoms with van der Waals surface area (Å²) in [5.74, 6) is 0.123. The van der Waals surface area contributed by atoms with Crippen LogP contribution < -0.4 is 5.32 Å². The fourth-order valence-electron chi connectivity index (χ4n) is 2.27. The molecule has 96 valence electrons. The van der Waals surface area contributed by atoms with E-state index in [1.54, 1.807) is 0 Å². The molecule has 0 spiro atoms. The Balaban J connectivity index is 2.10. The van der Waals surface area contributed by atoms with Crippen molar-refractivity contribution < 1.29 is 4.79 Å². The van der Waals surface area contributed by atoms with Gasteiger partial charge < -0.3 is 9.88 Å². The Morgan fingerprint density at radius 3 is 2.78 bits per heavy atom. The molecule has 0 saturated carbocycles. The second kappa shape index (κ2) is 5.25. The van der Waals surface area contributed by atoms with Gasteiger partial charge in [0.1, 0.15) is 0 Å². The minimum atomic E-state index is 0.123. The number of hydrogen-bond acceptors (Lipinski definition) is 1. The number of aryl methyl sites for hydroxylation is 2. The zero-order valence-electron chi connectivity index (χ0n) is 11.2. The van der Waals surface area contributed by atoms with Gasteiger partial charge >= 0.3 is 0 Å². The maximum atomic E-state index is 11.7. The second-order valence-corrected chi connectivity index (χ2v) is 5.00. The van der Waals surface area contributed by atoms with Gasteiger partial charge in [-0.25, -0.2) is 0 Å². The number of rotatable bonds is 4. The highest BCUT2D eigenvalue weighted by molar-refractivity contribution is 5.84. The average Bonchev–Trinajstić information content (AvgIpc) is 2.64. The molecule has 1 aromatic carbocycles. The lowest BCUT2D eigenvalue weighted by Gasteiger charge is -2.07. The topological polar surface area (TPSA) is 34.0 Å². The summed E-state index contributed by atoms with van der Waals surface area (Å²) in [6.45, 7) is 3.96. The highest BCUT2D eigenvalue weighted by atomic mass is 16.1. The van der Waals surface area contributed by atoms with Crippen molar-refractivity contribution >= 4 is 16.8 Å². The molecule has 2 aromatic rings. The van der Waals surface area contributed by atoms with Crippen LogP contribution in [-0.2, 0) is 18.3 Å². The van der Waals surface area contributed by atoms with Crippen molar-refractivity contribution in [2.24, 2.45) is 7.05 Å². The molecule has 1 heterocycles. The predicted molar refractivity (Wildman–Crippen MR) is 74.5 cm³/mol. The molecular weight excluding hydrogens is 224 g/mol. The van der Waals surface area contributed by atoms with Crippen LogP contribution in [0.2, 0.25) is 0 Å². The molecule has 0 aliphatic rings. The van der Waals surface area contributed by atoms with E-state index in [0.717, 1.165) is 6.42 Å². The number of carbonyl (C=O) groups is 1. The van der Waals surface area contributed by atoms with E-state index in [4.69, 9.17) is 0 Å². The summed E-state index contributed by atoms with van der Waals surface area (Å²) < 4.78 is 2.12. The van der Waals surface area contributed by atoms with Gasteiger partial charge in [0.05, 0.1) is 0 Å². The second-order valence-electron chi connectivity index (χ2n) is 5.00. The van der Waals surface area contributed by atoms with Gasteiger partial charge in [-0.3, -0.25) is 4.79 Å². The fourth-order valence-corrected chi connectivity index (χ4v) is 2.27. The molecule has 18 heavy (non-hydrogen) atoms. The van der Waals surface area contributed by atoms with Crippen molar-refractivity contribution in [3.05, 3.63) is 36.0 Å². The maximum absolute atomic E-state index is 11.7. The van der Waals surface area contributed by atoms with E-state index in [2.05, 4.69) is 28.2 Å². The van der Waals surface area contributed by atoms with E-state index in [1.165, 1.54) is 16.5 Å². The number of amides is 1. The Morgan fingerprint density at radius 1 is 1.33 bits per heavy atom. The number of carbonyl (C=O) groups excluding carboxylic acids is 1. The van der Waals surface area contributed by atoms with Crippen LogP contribution in [0, 0.1) is 0 Å². The largest absolute Gasteiger partial charge is 0.354 e.